The monoisotopic (exact) mass is 1040 g/mol. The molecule has 11 rings (SSSR count). The van der Waals surface area contributed by atoms with E-state index in [2.05, 4.69) is 73.2 Å². The summed E-state index contributed by atoms with van der Waals surface area (Å²) < 4.78 is 114. The number of benzene rings is 7. The number of aromatic nitrogens is 2. The van der Waals surface area contributed by atoms with Gasteiger partial charge in [-0.15, -0.1) is 53.6 Å². The molecular formula is C61H54IrN2O-2. The van der Waals surface area contributed by atoms with Crippen LogP contribution in [-0.2, 0) is 25.5 Å². The van der Waals surface area contributed by atoms with Crippen LogP contribution in [0, 0.1) is 39.5 Å². The van der Waals surface area contributed by atoms with Gasteiger partial charge in [0.2, 0.25) is 0 Å². The van der Waals surface area contributed by atoms with Crippen molar-refractivity contribution in [2.75, 3.05) is 0 Å². The van der Waals surface area contributed by atoms with E-state index in [0.29, 0.717) is 57.5 Å². The predicted molar refractivity (Wildman–Crippen MR) is 269 cm³/mol. The summed E-state index contributed by atoms with van der Waals surface area (Å²) in [5, 5.41) is 5.83. The summed E-state index contributed by atoms with van der Waals surface area (Å²) in [6.45, 7) is -3.58. The standard InChI is InChI=1S/C45H36NO.C16H18N.Ir/c1-27-23-33(30-9-4-5-10-30)18-20-35(27)34-19-21-36(28(2)24-34)41-25-42(46-26-29(41)3)40-14-8-13-38-39-22-17-32-16-15-31-11-6-7-12-37(31)43(32)45(39)47-44(38)40;1-12-5-7-13(8-6-12)15-10-9-14(11-17-15)16(2,3)4;/h6-8,11-13,15-26,30H,4-5,9-10H2,1-3H3;5-7,9-11H,1-4H3;/q2*-1;/i1D3,2D3,3D3,30D;1D3;. The molecule has 1 aliphatic carbocycles. The summed E-state index contributed by atoms with van der Waals surface area (Å²) in [5.41, 5.74) is 6.56. The van der Waals surface area contributed by atoms with Crippen molar-refractivity contribution >= 4 is 43.5 Å². The van der Waals surface area contributed by atoms with E-state index in [0.717, 1.165) is 56.4 Å². The molecule has 0 atom stereocenters. The third-order valence-electron chi connectivity index (χ3n) is 12.4. The molecule has 7 aromatic carbocycles. The van der Waals surface area contributed by atoms with E-state index in [1.165, 1.54) is 23.9 Å². The number of pyridine rings is 2. The van der Waals surface area contributed by atoms with Crippen molar-refractivity contribution in [3.63, 3.8) is 0 Å². The third kappa shape index (κ3) is 8.59. The molecule has 0 bridgehead atoms. The maximum Gasteiger partial charge on any atom is 0.129 e. The number of fused-ring (bicyclic) bond motifs is 7. The normalized spacial score (nSPS) is 17.2. The molecule has 1 saturated carbocycles. The summed E-state index contributed by atoms with van der Waals surface area (Å²) in [4.78, 5) is 9.04. The van der Waals surface area contributed by atoms with Crippen LogP contribution in [-0.4, -0.2) is 9.97 Å². The summed E-state index contributed by atoms with van der Waals surface area (Å²) >= 11 is 0. The first-order chi connectivity index (χ1) is 36.2. The molecule has 3 aromatic heterocycles. The minimum absolute atomic E-state index is 0. The average Bonchev–Trinajstić information content (AvgIpc) is 4.06. The topological polar surface area (TPSA) is 38.9 Å². The molecule has 0 N–H and O–H groups in total. The molecule has 3 heterocycles. The van der Waals surface area contributed by atoms with Gasteiger partial charge in [-0.3, -0.25) is 0 Å². The molecule has 4 heteroatoms. The van der Waals surface area contributed by atoms with Gasteiger partial charge in [0.05, 0.1) is 5.58 Å². The van der Waals surface area contributed by atoms with Gasteiger partial charge in [0.1, 0.15) is 5.58 Å². The molecule has 3 nitrogen and oxygen atoms in total. The van der Waals surface area contributed by atoms with Crippen molar-refractivity contribution < 1.29 is 42.3 Å². The number of hydrogen-bond donors (Lipinski definition) is 0. The summed E-state index contributed by atoms with van der Waals surface area (Å²) in [7, 11) is 0. The largest absolute Gasteiger partial charge is 0.500 e. The first-order valence-corrected chi connectivity index (χ1v) is 21.7. The summed E-state index contributed by atoms with van der Waals surface area (Å²) in [5.74, 6) is -0.872. The molecule has 65 heavy (non-hydrogen) atoms. The molecule has 0 amide bonds. The Labute approximate surface area is 415 Å². The Morgan fingerprint density at radius 1 is 0.631 bits per heavy atom. The van der Waals surface area contributed by atoms with E-state index in [1.54, 1.807) is 54.6 Å². The Kier molecular flexibility index (Phi) is 8.54. The van der Waals surface area contributed by atoms with E-state index in [1.807, 2.05) is 42.6 Å². The number of aryl methyl sites for hydroxylation is 4. The Morgan fingerprint density at radius 3 is 2.17 bits per heavy atom. The van der Waals surface area contributed by atoms with E-state index in [9.17, 15) is 0 Å². The summed E-state index contributed by atoms with van der Waals surface area (Å²) in [6.07, 6.45) is 6.20. The van der Waals surface area contributed by atoms with E-state index in [4.69, 9.17) is 22.2 Å². The molecule has 1 radical (unpaired) electrons. The SMILES string of the molecule is [2H]C([2H])([2H])c1c[c-]c(-c2ccc(C(C)(C)C)cn2)cc1.[2H]C([2H])([2H])c1cc(C2([2H])CCCC2)ccc1-c1ccc(-c2cc(-c3[c-]ccc4c3oc3c4ccc4ccc5ccccc5c43)ncc2C([2H])([2H])[2H])c(C([2H])([2H])[2H])c1.[Ir]. The Morgan fingerprint density at radius 2 is 1.40 bits per heavy atom. The number of furan rings is 1. The predicted octanol–water partition coefficient (Wildman–Crippen LogP) is 16.8. The minimum atomic E-state index is -2.72. The second-order valence-electron chi connectivity index (χ2n) is 17.6. The Balaban J connectivity index is 0.000000297. The van der Waals surface area contributed by atoms with Gasteiger partial charge in [0, 0.05) is 61.1 Å². The van der Waals surface area contributed by atoms with Crippen LogP contribution in [0.25, 0.3) is 88.3 Å². The van der Waals surface area contributed by atoms with Crippen molar-refractivity contribution in [1.82, 2.24) is 9.97 Å². The van der Waals surface area contributed by atoms with E-state index < -0.39 is 33.3 Å². The molecule has 0 spiro atoms. The van der Waals surface area contributed by atoms with Crippen LogP contribution in [0.4, 0.5) is 0 Å². The van der Waals surface area contributed by atoms with Crippen LogP contribution in [0.15, 0.2) is 150 Å². The summed E-state index contributed by atoms with van der Waals surface area (Å²) in [6, 6.07) is 46.4. The van der Waals surface area contributed by atoms with Gasteiger partial charge in [-0.05, 0) is 122 Å². The van der Waals surface area contributed by atoms with Gasteiger partial charge in [0.25, 0.3) is 0 Å². The molecule has 1 aliphatic rings. The van der Waals surface area contributed by atoms with Gasteiger partial charge in [-0.1, -0.05) is 155 Å². The molecule has 325 valence electrons. The molecular weight excluding hydrogens is 969 g/mol. The maximum atomic E-state index is 9.00. The van der Waals surface area contributed by atoms with E-state index in [-0.39, 0.29) is 53.3 Å². The van der Waals surface area contributed by atoms with Gasteiger partial charge in [-0.2, -0.15) is 0 Å². The van der Waals surface area contributed by atoms with Crippen molar-refractivity contribution in [2.45, 2.75) is 85.2 Å². The zero-order valence-electron chi connectivity index (χ0n) is 49.3. The maximum absolute atomic E-state index is 9.00. The Bertz CT molecular complexity index is 3810. The smallest absolute Gasteiger partial charge is 0.129 e. The third-order valence-corrected chi connectivity index (χ3v) is 12.4. The second kappa shape index (κ2) is 18.0. The van der Waals surface area contributed by atoms with Crippen LogP contribution in [0.3, 0.4) is 0 Å². The van der Waals surface area contributed by atoms with Crippen LogP contribution in [0.2, 0.25) is 0 Å². The zero-order chi connectivity index (χ0) is 55.0. The van der Waals surface area contributed by atoms with Crippen molar-refractivity contribution in [1.29, 1.82) is 0 Å². The van der Waals surface area contributed by atoms with Gasteiger partial charge >= 0.3 is 0 Å². The van der Waals surface area contributed by atoms with Gasteiger partial charge < -0.3 is 14.4 Å². The van der Waals surface area contributed by atoms with Crippen molar-refractivity contribution in [3.05, 3.63) is 191 Å². The fraction of sp³-hybridized carbons (Fsp3) is 0.213. The first kappa shape index (κ1) is 30.9. The number of hydrogen-bond acceptors (Lipinski definition) is 3. The van der Waals surface area contributed by atoms with Gasteiger partial charge in [0.15, 0.2) is 0 Å². The molecule has 0 aliphatic heterocycles. The fourth-order valence-corrected chi connectivity index (χ4v) is 8.93. The average molecular weight is 1040 g/mol. The van der Waals surface area contributed by atoms with Crippen molar-refractivity contribution in [2.24, 2.45) is 0 Å². The number of nitrogens with zero attached hydrogens (tertiary/aromatic N) is 2. The van der Waals surface area contributed by atoms with Crippen molar-refractivity contribution in [3.8, 4) is 44.8 Å². The van der Waals surface area contributed by atoms with E-state index >= 15 is 0 Å². The number of rotatable bonds is 5. The van der Waals surface area contributed by atoms with Crippen LogP contribution in [0.5, 0.6) is 0 Å². The minimum Gasteiger partial charge on any atom is -0.500 e. The zero-order valence-corrected chi connectivity index (χ0v) is 38.7. The van der Waals surface area contributed by atoms with Crippen LogP contribution < -0.4 is 0 Å². The molecule has 10 aromatic rings. The quantitative estimate of drug-likeness (QED) is 0.127. The van der Waals surface area contributed by atoms with Crippen LogP contribution >= 0.6 is 0 Å². The second-order valence-corrected chi connectivity index (χ2v) is 17.6. The molecule has 0 unspecified atom stereocenters. The van der Waals surface area contributed by atoms with Gasteiger partial charge in [-0.25, -0.2) is 0 Å². The first-order valence-electron chi connectivity index (χ1n) is 28.2. The molecule has 0 saturated heterocycles. The fourth-order valence-electron chi connectivity index (χ4n) is 8.93. The Hall–Kier alpha value is -6.19. The van der Waals surface area contributed by atoms with Crippen LogP contribution in [0.1, 0.15) is 104 Å². The molecule has 1 fully saturated rings.